The quantitative estimate of drug-likeness (QED) is 0.755. The molecule has 0 aromatic carbocycles. The number of sulfonamides is 1. The van der Waals surface area contributed by atoms with Crippen LogP contribution in [0.1, 0.15) is 12.1 Å². The van der Waals surface area contributed by atoms with Crippen LogP contribution in [0.15, 0.2) is 15.6 Å². The molecule has 0 aliphatic rings. The maximum absolute atomic E-state index is 12.3. The molecule has 0 fully saturated rings. The Morgan fingerprint density at radius 1 is 1.53 bits per heavy atom. The van der Waals surface area contributed by atoms with Gasteiger partial charge in [-0.25, -0.2) is 27.3 Å². The molecule has 0 saturated carbocycles. The third-order valence-electron chi connectivity index (χ3n) is 1.40. The van der Waals surface area contributed by atoms with Crippen LogP contribution in [0, 0.1) is 3.57 Å². The van der Waals surface area contributed by atoms with Gasteiger partial charge in [0.15, 0.2) is 5.03 Å². The smallest absolute Gasteiger partial charge is 0.233 e. The Morgan fingerprint density at radius 2 is 2.07 bits per heavy atom. The van der Waals surface area contributed by atoms with E-state index in [-0.39, 0.29) is 8.04 Å². The highest BCUT2D eigenvalue weighted by Crippen LogP contribution is 2.28. The van der Waals surface area contributed by atoms with Gasteiger partial charge in [0.2, 0.25) is 0 Å². The zero-order valence-corrected chi connectivity index (χ0v) is 11.5. The van der Waals surface area contributed by atoms with Crippen molar-refractivity contribution in [2.75, 3.05) is 0 Å². The number of hydrogen-bond donors (Lipinski definition) is 1. The largest absolute Gasteiger partial charge is 0.280 e. The first-order valence-corrected chi connectivity index (χ1v) is 6.82. The van der Waals surface area contributed by atoms with Crippen molar-refractivity contribution in [3.05, 3.63) is 19.8 Å². The van der Waals surface area contributed by atoms with Gasteiger partial charge in [0, 0.05) is 4.47 Å². The summed E-state index contributed by atoms with van der Waals surface area (Å²) in [7, 11) is -4.09. The minimum absolute atomic E-state index is 0.180. The normalized spacial score (nSPS) is 12.1. The van der Waals surface area contributed by atoms with E-state index in [2.05, 4.69) is 20.9 Å². The Morgan fingerprint density at radius 3 is 2.47 bits per heavy atom. The molecule has 4 nitrogen and oxygen atoms in total. The Bertz CT molecular complexity index is 494. The molecule has 1 aromatic rings. The van der Waals surface area contributed by atoms with Crippen LogP contribution in [0.5, 0.6) is 0 Å². The number of pyridine rings is 1. The number of aromatic nitrogens is 1. The maximum atomic E-state index is 12.3. The van der Waals surface area contributed by atoms with Crippen molar-refractivity contribution in [2.24, 2.45) is 5.14 Å². The fourth-order valence-corrected chi connectivity index (χ4v) is 3.14. The summed E-state index contributed by atoms with van der Waals surface area (Å²) in [5.41, 5.74) is -0.633. The van der Waals surface area contributed by atoms with Crippen molar-refractivity contribution in [1.82, 2.24) is 4.98 Å². The van der Waals surface area contributed by atoms with Gasteiger partial charge >= 0.3 is 0 Å². The first-order chi connectivity index (χ1) is 6.73. The van der Waals surface area contributed by atoms with Crippen molar-refractivity contribution in [1.29, 1.82) is 0 Å². The van der Waals surface area contributed by atoms with Crippen molar-refractivity contribution < 1.29 is 17.2 Å². The first-order valence-electron chi connectivity index (χ1n) is 3.40. The second kappa shape index (κ2) is 4.55. The van der Waals surface area contributed by atoms with E-state index in [4.69, 9.17) is 5.14 Å². The molecular formula is C6H4BrF2IN2O2S. The molecule has 0 aliphatic heterocycles. The zero-order valence-electron chi connectivity index (χ0n) is 6.92. The van der Waals surface area contributed by atoms with Crippen molar-refractivity contribution in [3.63, 3.8) is 0 Å². The third kappa shape index (κ3) is 3.04. The Balaban J connectivity index is 3.52. The van der Waals surface area contributed by atoms with Gasteiger partial charge in [-0.2, -0.15) is 0 Å². The monoisotopic (exact) mass is 412 g/mol. The molecule has 0 aliphatic carbocycles. The van der Waals surface area contributed by atoms with Crippen LogP contribution < -0.4 is 5.14 Å². The van der Waals surface area contributed by atoms with E-state index < -0.39 is 27.2 Å². The topological polar surface area (TPSA) is 73.1 Å². The first kappa shape index (κ1) is 13.2. The molecule has 0 radical (unpaired) electrons. The molecule has 15 heavy (non-hydrogen) atoms. The van der Waals surface area contributed by atoms with Crippen molar-refractivity contribution in [2.45, 2.75) is 11.5 Å². The lowest BCUT2D eigenvalue weighted by atomic mass is 10.4. The number of rotatable bonds is 2. The average Bonchev–Trinajstić information content (AvgIpc) is 2.06. The molecule has 2 N–H and O–H groups in total. The lowest BCUT2D eigenvalue weighted by molar-refractivity contribution is 0.145. The van der Waals surface area contributed by atoms with Gasteiger partial charge in [0.25, 0.3) is 16.4 Å². The number of primary sulfonamides is 1. The number of alkyl halides is 2. The molecule has 0 atom stereocenters. The number of halogens is 4. The summed E-state index contributed by atoms with van der Waals surface area (Å²) in [6.07, 6.45) is -2.85. The lowest BCUT2D eigenvalue weighted by Gasteiger charge is -2.06. The average molecular weight is 413 g/mol. The van der Waals surface area contributed by atoms with E-state index in [1.54, 1.807) is 22.6 Å². The zero-order chi connectivity index (χ0) is 11.8. The predicted octanol–water partition coefficient (Wildman–Crippen LogP) is 2.03. The highest BCUT2D eigenvalue weighted by Gasteiger charge is 2.21. The van der Waals surface area contributed by atoms with Crippen LogP contribution in [-0.2, 0) is 10.0 Å². The molecule has 0 spiro atoms. The van der Waals surface area contributed by atoms with Crippen LogP contribution in [0.4, 0.5) is 8.78 Å². The van der Waals surface area contributed by atoms with E-state index in [0.717, 1.165) is 6.07 Å². The van der Waals surface area contributed by atoms with E-state index in [1.807, 2.05) is 0 Å². The second-order valence-electron chi connectivity index (χ2n) is 2.49. The fraction of sp³-hybridized carbons (Fsp3) is 0.167. The molecule has 84 valence electrons. The molecule has 1 heterocycles. The van der Waals surface area contributed by atoms with Crippen LogP contribution in [0.2, 0.25) is 0 Å². The number of nitrogens with two attached hydrogens (primary N) is 1. The van der Waals surface area contributed by atoms with Gasteiger partial charge in [-0.05, 0) is 44.6 Å². The molecule has 0 unspecified atom stereocenters. The summed E-state index contributed by atoms with van der Waals surface area (Å²) in [6, 6.07) is 1.06. The molecule has 1 rings (SSSR count). The second-order valence-corrected chi connectivity index (χ2v) is 5.90. The summed E-state index contributed by atoms with van der Waals surface area (Å²) in [4.78, 5) is 3.30. The summed E-state index contributed by atoms with van der Waals surface area (Å²) in [5, 5.41) is 4.29. The Hall–Kier alpha value is 0.130. The molecule has 1 aromatic heterocycles. The van der Waals surface area contributed by atoms with Crippen LogP contribution >= 0.6 is 38.5 Å². The third-order valence-corrected chi connectivity index (χ3v) is 5.05. The summed E-state index contributed by atoms with van der Waals surface area (Å²) in [5.74, 6) is 0. The minimum atomic E-state index is -4.09. The van der Waals surface area contributed by atoms with E-state index in [0.29, 0.717) is 0 Å². The van der Waals surface area contributed by atoms with Gasteiger partial charge in [-0.3, -0.25) is 0 Å². The van der Waals surface area contributed by atoms with E-state index >= 15 is 0 Å². The van der Waals surface area contributed by atoms with Gasteiger partial charge in [-0.15, -0.1) is 0 Å². The molecule has 0 amide bonds. The minimum Gasteiger partial charge on any atom is -0.233 e. The maximum Gasteiger partial charge on any atom is 0.280 e. The SMILES string of the molecule is NS(=O)(=O)c1nc(C(F)F)cc(Br)c1I. The summed E-state index contributed by atoms with van der Waals surface area (Å²) >= 11 is 4.61. The summed E-state index contributed by atoms with van der Waals surface area (Å²) in [6.45, 7) is 0. The highest BCUT2D eigenvalue weighted by atomic mass is 127. The molecule has 9 heteroatoms. The molecule has 0 saturated heterocycles. The van der Waals surface area contributed by atoms with Crippen molar-refractivity contribution in [3.8, 4) is 0 Å². The number of nitrogens with zero attached hydrogens (tertiary/aromatic N) is 1. The van der Waals surface area contributed by atoms with Crippen molar-refractivity contribution >= 4 is 48.5 Å². The van der Waals surface area contributed by atoms with Crippen LogP contribution in [-0.4, -0.2) is 13.4 Å². The van der Waals surface area contributed by atoms with Gasteiger partial charge in [0.05, 0.1) is 3.57 Å². The van der Waals surface area contributed by atoms with Gasteiger partial charge in [-0.1, -0.05) is 0 Å². The van der Waals surface area contributed by atoms with E-state index in [1.165, 1.54) is 0 Å². The predicted molar refractivity (Wildman–Crippen MR) is 61.0 cm³/mol. The summed E-state index contributed by atoms with van der Waals surface area (Å²) < 4.78 is 47.1. The molecular weight excluding hydrogens is 409 g/mol. The van der Waals surface area contributed by atoms with Gasteiger partial charge in [0.1, 0.15) is 5.69 Å². The van der Waals surface area contributed by atoms with Crippen LogP contribution in [0.3, 0.4) is 0 Å². The molecule has 0 bridgehead atoms. The fourth-order valence-electron chi connectivity index (χ4n) is 0.794. The highest BCUT2D eigenvalue weighted by molar-refractivity contribution is 14.1. The Labute approximate surface area is 107 Å². The standard InChI is InChI=1S/C6H4BrF2IN2O2S/c7-2-1-3(5(8)9)12-6(4(2)10)15(11,13)14/h1,5H,(H2,11,13,14). The Kier molecular flexibility index (Phi) is 4.01. The number of hydrogen-bond acceptors (Lipinski definition) is 3. The lowest BCUT2D eigenvalue weighted by Crippen LogP contribution is -2.17. The van der Waals surface area contributed by atoms with Gasteiger partial charge < -0.3 is 0 Å². The van der Waals surface area contributed by atoms with Crippen LogP contribution in [0.25, 0.3) is 0 Å². The van der Waals surface area contributed by atoms with E-state index in [9.17, 15) is 17.2 Å².